The SMILES string of the molecule is CC(C)CCC(=O)NCC(N)CC(C)C. The van der Waals surface area contributed by atoms with Gasteiger partial charge in [0, 0.05) is 19.0 Å². The molecule has 3 heteroatoms. The molecule has 1 atom stereocenters. The zero-order valence-electron chi connectivity index (χ0n) is 10.5. The van der Waals surface area contributed by atoms with Crippen LogP contribution in [0.5, 0.6) is 0 Å². The summed E-state index contributed by atoms with van der Waals surface area (Å²) in [4.78, 5) is 11.4. The fraction of sp³-hybridized carbons (Fsp3) is 0.917. The zero-order chi connectivity index (χ0) is 11.8. The first-order chi connectivity index (χ1) is 6.91. The van der Waals surface area contributed by atoms with Crippen LogP contribution in [0.3, 0.4) is 0 Å². The Morgan fingerprint density at radius 3 is 2.27 bits per heavy atom. The maximum absolute atomic E-state index is 11.4. The maximum Gasteiger partial charge on any atom is 0.220 e. The average Bonchev–Trinajstić information content (AvgIpc) is 2.10. The molecule has 0 aromatic heterocycles. The molecule has 0 saturated heterocycles. The third-order valence-electron chi connectivity index (χ3n) is 2.28. The average molecular weight is 214 g/mol. The third kappa shape index (κ3) is 9.73. The number of hydrogen-bond donors (Lipinski definition) is 2. The van der Waals surface area contributed by atoms with Crippen molar-refractivity contribution in [2.24, 2.45) is 17.6 Å². The van der Waals surface area contributed by atoms with Crippen molar-refractivity contribution < 1.29 is 4.79 Å². The summed E-state index contributed by atoms with van der Waals surface area (Å²) in [5, 5.41) is 2.88. The Morgan fingerprint density at radius 1 is 1.20 bits per heavy atom. The van der Waals surface area contributed by atoms with Gasteiger partial charge in [-0.15, -0.1) is 0 Å². The Kier molecular flexibility index (Phi) is 7.39. The molecule has 3 N–H and O–H groups in total. The Bertz CT molecular complexity index is 178. The van der Waals surface area contributed by atoms with Crippen molar-refractivity contribution >= 4 is 5.91 Å². The van der Waals surface area contributed by atoms with Gasteiger partial charge in [0.2, 0.25) is 5.91 Å². The number of nitrogens with one attached hydrogen (secondary N) is 1. The van der Waals surface area contributed by atoms with Gasteiger partial charge in [0.25, 0.3) is 0 Å². The van der Waals surface area contributed by atoms with E-state index < -0.39 is 0 Å². The van der Waals surface area contributed by atoms with Crippen LogP contribution in [-0.4, -0.2) is 18.5 Å². The lowest BCUT2D eigenvalue weighted by molar-refractivity contribution is -0.121. The monoisotopic (exact) mass is 214 g/mol. The first kappa shape index (κ1) is 14.4. The predicted molar refractivity (Wildman–Crippen MR) is 64.5 cm³/mol. The molecule has 0 bridgehead atoms. The molecule has 0 aliphatic rings. The summed E-state index contributed by atoms with van der Waals surface area (Å²) in [5.74, 6) is 1.30. The van der Waals surface area contributed by atoms with Gasteiger partial charge >= 0.3 is 0 Å². The first-order valence-corrected chi connectivity index (χ1v) is 5.94. The van der Waals surface area contributed by atoms with E-state index in [1.54, 1.807) is 0 Å². The van der Waals surface area contributed by atoms with Crippen molar-refractivity contribution in [3.05, 3.63) is 0 Å². The molecule has 0 aromatic rings. The Hall–Kier alpha value is -0.570. The second-order valence-corrected chi connectivity index (χ2v) is 5.13. The van der Waals surface area contributed by atoms with Crippen LogP contribution in [0.15, 0.2) is 0 Å². The number of nitrogens with two attached hydrogens (primary N) is 1. The minimum atomic E-state index is 0.0907. The van der Waals surface area contributed by atoms with E-state index in [0.717, 1.165) is 12.8 Å². The van der Waals surface area contributed by atoms with Gasteiger partial charge < -0.3 is 11.1 Å². The Morgan fingerprint density at radius 2 is 1.80 bits per heavy atom. The van der Waals surface area contributed by atoms with Crippen LogP contribution >= 0.6 is 0 Å². The highest BCUT2D eigenvalue weighted by Gasteiger charge is 2.08. The van der Waals surface area contributed by atoms with Gasteiger partial charge in [-0.25, -0.2) is 0 Å². The minimum absolute atomic E-state index is 0.0907. The summed E-state index contributed by atoms with van der Waals surface area (Å²) in [7, 11) is 0. The lowest BCUT2D eigenvalue weighted by Gasteiger charge is -2.15. The van der Waals surface area contributed by atoms with Gasteiger partial charge in [0.05, 0.1) is 0 Å². The van der Waals surface area contributed by atoms with Gasteiger partial charge in [-0.3, -0.25) is 4.79 Å². The van der Waals surface area contributed by atoms with Gasteiger partial charge in [-0.1, -0.05) is 27.7 Å². The third-order valence-corrected chi connectivity index (χ3v) is 2.28. The molecular weight excluding hydrogens is 188 g/mol. The van der Waals surface area contributed by atoms with Crippen LogP contribution in [0, 0.1) is 11.8 Å². The molecular formula is C12H26N2O. The standard InChI is InChI=1S/C12H26N2O/c1-9(2)5-6-12(15)14-8-11(13)7-10(3)4/h9-11H,5-8,13H2,1-4H3,(H,14,15). The van der Waals surface area contributed by atoms with Crippen LogP contribution < -0.4 is 11.1 Å². The molecule has 0 heterocycles. The summed E-state index contributed by atoms with van der Waals surface area (Å²) in [6.45, 7) is 9.13. The Balaban J connectivity index is 3.53. The van der Waals surface area contributed by atoms with E-state index in [-0.39, 0.29) is 11.9 Å². The lowest BCUT2D eigenvalue weighted by Crippen LogP contribution is -2.38. The van der Waals surface area contributed by atoms with Crippen LogP contribution in [0.4, 0.5) is 0 Å². The molecule has 1 amide bonds. The Labute approximate surface area is 93.8 Å². The highest BCUT2D eigenvalue weighted by Crippen LogP contribution is 2.04. The minimum Gasteiger partial charge on any atom is -0.355 e. The topological polar surface area (TPSA) is 55.1 Å². The largest absolute Gasteiger partial charge is 0.355 e. The molecule has 0 radical (unpaired) electrons. The van der Waals surface area contributed by atoms with E-state index in [1.165, 1.54) is 0 Å². The second kappa shape index (κ2) is 7.69. The van der Waals surface area contributed by atoms with Crippen molar-refractivity contribution in [3.8, 4) is 0 Å². The molecule has 1 unspecified atom stereocenters. The van der Waals surface area contributed by atoms with Crippen LogP contribution in [0.1, 0.15) is 47.0 Å². The molecule has 0 spiro atoms. The van der Waals surface area contributed by atoms with Crippen LogP contribution in [0.25, 0.3) is 0 Å². The molecule has 0 aliphatic carbocycles. The van der Waals surface area contributed by atoms with Gasteiger partial charge in [-0.05, 0) is 24.7 Å². The summed E-state index contributed by atoms with van der Waals surface area (Å²) in [5.41, 5.74) is 5.86. The van der Waals surface area contributed by atoms with Crippen molar-refractivity contribution in [2.45, 2.75) is 53.0 Å². The van der Waals surface area contributed by atoms with Crippen LogP contribution in [0.2, 0.25) is 0 Å². The fourth-order valence-corrected chi connectivity index (χ4v) is 1.44. The number of carbonyl (C=O) groups is 1. The van der Waals surface area contributed by atoms with E-state index in [0.29, 0.717) is 24.8 Å². The molecule has 0 rings (SSSR count). The highest BCUT2D eigenvalue weighted by atomic mass is 16.1. The molecule has 0 aliphatic heterocycles. The normalized spacial score (nSPS) is 13.3. The quantitative estimate of drug-likeness (QED) is 0.680. The van der Waals surface area contributed by atoms with E-state index in [1.807, 2.05) is 0 Å². The predicted octanol–water partition coefficient (Wildman–Crippen LogP) is 1.91. The summed E-state index contributed by atoms with van der Waals surface area (Å²) < 4.78 is 0. The smallest absolute Gasteiger partial charge is 0.220 e. The zero-order valence-corrected chi connectivity index (χ0v) is 10.5. The van der Waals surface area contributed by atoms with Crippen molar-refractivity contribution in [2.75, 3.05) is 6.54 Å². The van der Waals surface area contributed by atoms with Gasteiger partial charge in [0.15, 0.2) is 0 Å². The number of rotatable bonds is 7. The summed E-state index contributed by atoms with van der Waals surface area (Å²) in [6.07, 6.45) is 2.53. The molecule has 90 valence electrons. The molecule has 0 aromatic carbocycles. The van der Waals surface area contributed by atoms with E-state index >= 15 is 0 Å². The fourth-order valence-electron chi connectivity index (χ4n) is 1.44. The van der Waals surface area contributed by atoms with Crippen molar-refractivity contribution in [3.63, 3.8) is 0 Å². The molecule has 0 saturated carbocycles. The van der Waals surface area contributed by atoms with E-state index in [4.69, 9.17) is 5.73 Å². The highest BCUT2D eigenvalue weighted by molar-refractivity contribution is 5.75. The second-order valence-electron chi connectivity index (χ2n) is 5.13. The van der Waals surface area contributed by atoms with Crippen molar-refractivity contribution in [1.82, 2.24) is 5.32 Å². The number of amides is 1. The van der Waals surface area contributed by atoms with Gasteiger partial charge in [-0.2, -0.15) is 0 Å². The van der Waals surface area contributed by atoms with Gasteiger partial charge in [0.1, 0.15) is 0 Å². The van der Waals surface area contributed by atoms with Crippen molar-refractivity contribution in [1.29, 1.82) is 0 Å². The first-order valence-electron chi connectivity index (χ1n) is 5.94. The maximum atomic E-state index is 11.4. The summed E-state index contributed by atoms with van der Waals surface area (Å²) >= 11 is 0. The number of hydrogen-bond acceptors (Lipinski definition) is 2. The van der Waals surface area contributed by atoms with E-state index in [2.05, 4.69) is 33.0 Å². The van der Waals surface area contributed by atoms with Crippen LogP contribution in [-0.2, 0) is 4.79 Å². The van der Waals surface area contributed by atoms with E-state index in [9.17, 15) is 4.79 Å². The molecule has 0 fully saturated rings. The molecule has 15 heavy (non-hydrogen) atoms. The molecule has 3 nitrogen and oxygen atoms in total. The number of carbonyl (C=O) groups excluding carboxylic acids is 1. The lowest BCUT2D eigenvalue weighted by atomic mass is 10.0. The summed E-state index contributed by atoms with van der Waals surface area (Å²) in [6, 6.07) is 0.0907.